The van der Waals surface area contributed by atoms with Crippen LogP contribution in [0.4, 0.5) is 0 Å². The number of carboxylic acids is 1. The average Bonchev–Trinajstić information content (AvgIpc) is 3.20. The number of fused-ring (bicyclic) bond motifs is 3. The number of hydrogen-bond acceptors (Lipinski definition) is 3. The maximum Gasteiger partial charge on any atom is 0.303 e. The molecule has 4 rings (SSSR count). The number of hydrogen-bond donors (Lipinski definition) is 3. The Kier molecular flexibility index (Phi) is 3.42. The van der Waals surface area contributed by atoms with Crippen LogP contribution in [-0.4, -0.2) is 30.8 Å². The van der Waals surface area contributed by atoms with Gasteiger partial charge in [-0.3, -0.25) is 14.3 Å². The van der Waals surface area contributed by atoms with Crippen molar-refractivity contribution in [1.29, 1.82) is 0 Å². The standard InChI is InChI=1S/C18H16N4O3/c1-22-7-6-13(21-22)10-2-4-14-12(8-10)16-11(3-5-15(23)24)9-19-17(16)18(25)20-14/h2,4,6-9,19H,3,5H2,1H3,(H,20,25)(H,23,24). The Balaban J connectivity index is 1.97. The van der Waals surface area contributed by atoms with Crippen LogP contribution in [0.15, 0.2) is 41.5 Å². The highest BCUT2D eigenvalue weighted by atomic mass is 16.4. The van der Waals surface area contributed by atoms with Gasteiger partial charge >= 0.3 is 5.97 Å². The molecule has 0 aliphatic heterocycles. The maximum atomic E-state index is 12.3. The van der Waals surface area contributed by atoms with E-state index in [1.807, 2.05) is 37.5 Å². The monoisotopic (exact) mass is 336 g/mol. The highest BCUT2D eigenvalue weighted by Gasteiger charge is 2.14. The van der Waals surface area contributed by atoms with E-state index < -0.39 is 5.97 Å². The number of rotatable bonds is 4. The molecule has 0 saturated heterocycles. The van der Waals surface area contributed by atoms with E-state index in [9.17, 15) is 9.59 Å². The second kappa shape index (κ2) is 5.62. The summed E-state index contributed by atoms with van der Waals surface area (Å²) in [5.41, 5.74) is 3.57. The van der Waals surface area contributed by atoms with Crippen molar-refractivity contribution in [2.24, 2.45) is 7.05 Å². The van der Waals surface area contributed by atoms with Crippen LogP contribution < -0.4 is 5.56 Å². The second-order valence-electron chi connectivity index (χ2n) is 6.05. The van der Waals surface area contributed by atoms with Crippen LogP contribution in [0.5, 0.6) is 0 Å². The van der Waals surface area contributed by atoms with Crippen molar-refractivity contribution >= 4 is 27.8 Å². The Labute approximate surface area is 141 Å². The molecule has 0 radical (unpaired) electrons. The highest BCUT2D eigenvalue weighted by molar-refractivity contribution is 6.07. The van der Waals surface area contributed by atoms with Crippen molar-refractivity contribution < 1.29 is 9.90 Å². The number of H-pyrrole nitrogens is 2. The van der Waals surface area contributed by atoms with E-state index in [0.29, 0.717) is 17.5 Å². The second-order valence-corrected chi connectivity index (χ2v) is 6.05. The first-order valence-corrected chi connectivity index (χ1v) is 7.91. The summed E-state index contributed by atoms with van der Waals surface area (Å²) in [6.45, 7) is 0. The molecule has 0 aliphatic rings. The van der Waals surface area contributed by atoms with Gasteiger partial charge < -0.3 is 15.1 Å². The molecule has 7 nitrogen and oxygen atoms in total. The fraction of sp³-hybridized carbons (Fsp3) is 0.167. The molecule has 4 aromatic rings. The molecule has 3 N–H and O–H groups in total. The van der Waals surface area contributed by atoms with Crippen molar-refractivity contribution in [2.45, 2.75) is 12.8 Å². The normalized spacial score (nSPS) is 11.4. The summed E-state index contributed by atoms with van der Waals surface area (Å²) in [7, 11) is 1.86. The summed E-state index contributed by atoms with van der Waals surface area (Å²) < 4.78 is 1.73. The molecule has 0 bridgehead atoms. The number of pyridine rings is 1. The number of aromatic nitrogens is 4. The third kappa shape index (κ3) is 2.59. The van der Waals surface area contributed by atoms with Crippen molar-refractivity contribution in [1.82, 2.24) is 19.7 Å². The molecule has 0 aliphatic carbocycles. The van der Waals surface area contributed by atoms with Gasteiger partial charge in [0.1, 0.15) is 5.52 Å². The Morgan fingerprint density at radius 3 is 2.88 bits per heavy atom. The molecular weight excluding hydrogens is 320 g/mol. The molecule has 0 spiro atoms. The van der Waals surface area contributed by atoms with Gasteiger partial charge in [-0.1, -0.05) is 6.07 Å². The summed E-state index contributed by atoms with van der Waals surface area (Å²) in [5.74, 6) is -0.863. The van der Waals surface area contributed by atoms with Gasteiger partial charge in [-0.05, 0) is 30.2 Å². The number of aliphatic carboxylic acids is 1. The summed E-state index contributed by atoms with van der Waals surface area (Å²) in [6.07, 6.45) is 3.97. The number of aryl methyl sites for hydroxylation is 2. The predicted octanol–water partition coefficient (Wildman–Crippen LogP) is 2.43. The molecule has 1 aromatic carbocycles. The van der Waals surface area contributed by atoms with Gasteiger partial charge in [0, 0.05) is 47.7 Å². The minimum atomic E-state index is -0.863. The van der Waals surface area contributed by atoms with Crippen LogP contribution in [0.3, 0.4) is 0 Å². The lowest BCUT2D eigenvalue weighted by atomic mass is 10.0. The summed E-state index contributed by atoms with van der Waals surface area (Å²) in [6, 6.07) is 7.67. The largest absolute Gasteiger partial charge is 0.481 e. The van der Waals surface area contributed by atoms with E-state index in [2.05, 4.69) is 15.1 Å². The maximum absolute atomic E-state index is 12.3. The quantitative estimate of drug-likeness (QED) is 0.532. The first-order chi connectivity index (χ1) is 12.0. The van der Waals surface area contributed by atoms with Crippen LogP contribution >= 0.6 is 0 Å². The van der Waals surface area contributed by atoms with E-state index in [4.69, 9.17) is 5.11 Å². The van der Waals surface area contributed by atoms with E-state index in [-0.39, 0.29) is 12.0 Å². The fourth-order valence-electron chi connectivity index (χ4n) is 3.16. The molecular formula is C18H16N4O3. The van der Waals surface area contributed by atoms with Crippen molar-refractivity contribution in [2.75, 3.05) is 0 Å². The topological polar surface area (TPSA) is 104 Å². The molecule has 0 fully saturated rings. The smallest absolute Gasteiger partial charge is 0.303 e. The lowest BCUT2D eigenvalue weighted by molar-refractivity contribution is -0.136. The minimum Gasteiger partial charge on any atom is -0.481 e. The van der Waals surface area contributed by atoms with Crippen LogP contribution in [0, 0.1) is 0 Å². The van der Waals surface area contributed by atoms with Crippen LogP contribution in [0.1, 0.15) is 12.0 Å². The average molecular weight is 336 g/mol. The van der Waals surface area contributed by atoms with Gasteiger partial charge in [-0.15, -0.1) is 0 Å². The number of nitrogens with one attached hydrogen (secondary N) is 2. The Morgan fingerprint density at radius 2 is 2.16 bits per heavy atom. The highest BCUT2D eigenvalue weighted by Crippen LogP contribution is 2.29. The zero-order chi connectivity index (χ0) is 17.6. The Bertz CT molecular complexity index is 1170. The lowest BCUT2D eigenvalue weighted by Crippen LogP contribution is -2.06. The van der Waals surface area contributed by atoms with Gasteiger partial charge in [-0.25, -0.2) is 0 Å². The molecule has 25 heavy (non-hydrogen) atoms. The van der Waals surface area contributed by atoms with E-state index in [1.54, 1.807) is 10.9 Å². The predicted molar refractivity (Wildman–Crippen MR) is 94.6 cm³/mol. The third-order valence-corrected chi connectivity index (χ3v) is 4.34. The van der Waals surface area contributed by atoms with Crippen LogP contribution in [0.2, 0.25) is 0 Å². The van der Waals surface area contributed by atoms with Crippen molar-refractivity contribution in [3.05, 3.63) is 52.6 Å². The SMILES string of the molecule is Cn1ccc(-c2ccc3[nH]c(=O)c4[nH]cc(CCC(=O)O)c4c3c2)n1. The summed E-state index contributed by atoms with van der Waals surface area (Å²) in [5, 5.41) is 15.0. The van der Waals surface area contributed by atoms with E-state index >= 15 is 0 Å². The minimum absolute atomic E-state index is 0.0151. The molecule has 0 saturated carbocycles. The number of nitrogens with zero attached hydrogens (tertiary/aromatic N) is 2. The molecule has 0 atom stereocenters. The van der Waals surface area contributed by atoms with Gasteiger partial charge in [0.25, 0.3) is 5.56 Å². The van der Waals surface area contributed by atoms with Crippen LogP contribution in [-0.2, 0) is 18.3 Å². The van der Waals surface area contributed by atoms with Gasteiger partial charge in [0.2, 0.25) is 0 Å². The molecule has 7 heteroatoms. The summed E-state index contributed by atoms with van der Waals surface area (Å²) >= 11 is 0. The molecule has 3 aromatic heterocycles. The number of carbonyl (C=O) groups is 1. The lowest BCUT2D eigenvalue weighted by Gasteiger charge is -2.05. The van der Waals surface area contributed by atoms with Crippen molar-refractivity contribution in [3.63, 3.8) is 0 Å². The summed E-state index contributed by atoms with van der Waals surface area (Å²) in [4.78, 5) is 29.0. The zero-order valence-electron chi connectivity index (χ0n) is 13.5. The molecule has 126 valence electrons. The molecule has 0 unspecified atom stereocenters. The van der Waals surface area contributed by atoms with Crippen LogP contribution in [0.25, 0.3) is 33.1 Å². The Morgan fingerprint density at radius 1 is 1.32 bits per heavy atom. The molecule has 0 amide bonds. The number of benzene rings is 1. The Hall–Kier alpha value is -3.35. The van der Waals surface area contributed by atoms with Gasteiger partial charge in [0.15, 0.2) is 0 Å². The third-order valence-electron chi connectivity index (χ3n) is 4.34. The van der Waals surface area contributed by atoms with Crippen molar-refractivity contribution in [3.8, 4) is 11.3 Å². The molecule has 3 heterocycles. The first-order valence-electron chi connectivity index (χ1n) is 7.91. The van der Waals surface area contributed by atoms with E-state index in [0.717, 1.165) is 27.6 Å². The van der Waals surface area contributed by atoms with Gasteiger partial charge in [0.05, 0.1) is 5.69 Å². The number of carboxylic acid groups (broad SMARTS) is 1. The number of aromatic amines is 2. The van der Waals surface area contributed by atoms with E-state index in [1.165, 1.54) is 0 Å². The van der Waals surface area contributed by atoms with Gasteiger partial charge in [-0.2, -0.15) is 5.10 Å². The zero-order valence-corrected chi connectivity index (χ0v) is 13.5. The first kappa shape index (κ1) is 15.2. The fourth-order valence-corrected chi connectivity index (χ4v) is 3.16.